The molecule has 0 aromatic heterocycles. The normalized spacial score (nSPS) is 13.9. The summed E-state index contributed by atoms with van der Waals surface area (Å²) in [7, 11) is 3.19. The average Bonchev–Trinajstić information content (AvgIpc) is 2.47. The maximum Gasteiger partial charge on any atom is 0.161 e. The van der Waals surface area contributed by atoms with Crippen molar-refractivity contribution in [2.45, 2.75) is 32.1 Å². The molecule has 0 heterocycles. The molecule has 0 N–H and O–H groups in total. The second-order valence-corrected chi connectivity index (χ2v) is 5.55. The molecule has 0 bridgehead atoms. The number of halogens is 1. The molecule has 3 nitrogen and oxygen atoms in total. The van der Waals surface area contributed by atoms with Crippen molar-refractivity contribution in [1.29, 1.82) is 0 Å². The summed E-state index contributed by atoms with van der Waals surface area (Å²) >= 11 is 5.80. The summed E-state index contributed by atoms with van der Waals surface area (Å²) in [6.07, 6.45) is 2.57. The maximum atomic E-state index is 11.8. The van der Waals surface area contributed by atoms with Gasteiger partial charge in [-0.1, -0.05) is 19.9 Å². The van der Waals surface area contributed by atoms with Gasteiger partial charge in [0.15, 0.2) is 11.5 Å². The Morgan fingerprint density at radius 2 is 1.90 bits per heavy atom. The fraction of sp³-hybridized carbons (Fsp3) is 0.562. The zero-order valence-electron chi connectivity index (χ0n) is 12.6. The minimum absolute atomic E-state index is 0.182. The van der Waals surface area contributed by atoms with Crippen molar-refractivity contribution in [2.75, 3.05) is 20.1 Å². The van der Waals surface area contributed by atoms with Crippen LogP contribution < -0.4 is 9.47 Å². The molecule has 1 aromatic rings. The molecule has 1 unspecified atom stereocenters. The van der Waals surface area contributed by atoms with Gasteiger partial charge in [-0.25, -0.2) is 0 Å². The van der Waals surface area contributed by atoms with E-state index in [0.29, 0.717) is 17.4 Å². The highest BCUT2D eigenvalue weighted by Crippen LogP contribution is 2.39. The van der Waals surface area contributed by atoms with Crippen molar-refractivity contribution in [3.63, 3.8) is 0 Å². The quantitative estimate of drug-likeness (QED) is 0.541. The average molecular weight is 299 g/mol. The van der Waals surface area contributed by atoms with Gasteiger partial charge in [-0.05, 0) is 36.5 Å². The molecule has 0 saturated carbocycles. The van der Waals surface area contributed by atoms with E-state index in [4.69, 9.17) is 21.1 Å². The standard InChI is InChI=1S/C16H23ClO3/c1-12(2)16(11-18,8-5-9-17)13-6-7-14(19-3)15(10-13)20-4/h6-7,10-12H,5,8-9H2,1-4H3. The molecule has 0 spiro atoms. The van der Waals surface area contributed by atoms with Gasteiger partial charge in [0.25, 0.3) is 0 Å². The van der Waals surface area contributed by atoms with Crippen molar-refractivity contribution >= 4 is 17.9 Å². The summed E-state index contributed by atoms with van der Waals surface area (Å²) in [6.45, 7) is 4.11. The van der Waals surface area contributed by atoms with Gasteiger partial charge in [0.2, 0.25) is 0 Å². The van der Waals surface area contributed by atoms with Crippen molar-refractivity contribution < 1.29 is 14.3 Å². The van der Waals surface area contributed by atoms with Gasteiger partial charge in [-0.2, -0.15) is 0 Å². The fourth-order valence-electron chi connectivity index (χ4n) is 2.51. The lowest BCUT2D eigenvalue weighted by atomic mass is 9.70. The van der Waals surface area contributed by atoms with E-state index in [1.165, 1.54) is 0 Å². The number of rotatable bonds is 8. The number of alkyl halides is 1. The van der Waals surface area contributed by atoms with E-state index in [9.17, 15) is 4.79 Å². The Kier molecular flexibility index (Phi) is 6.34. The third kappa shape index (κ3) is 3.26. The molecule has 4 heteroatoms. The first-order chi connectivity index (χ1) is 9.55. The first-order valence-corrected chi connectivity index (χ1v) is 7.34. The highest BCUT2D eigenvalue weighted by molar-refractivity contribution is 6.17. The number of methoxy groups -OCH3 is 2. The van der Waals surface area contributed by atoms with E-state index in [1.54, 1.807) is 14.2 Å². The Labute approximate surface area is 126 Å². The second kappa shape index (κ2) is 7.53. The zero-order chi connectivity index (χ0) is 15.2. The van der Waals surface area contributed by atoms with Gasteiger partial charge in [-0.15, -0.1) is 11.6 Å². The van der Waals surface area contributed by atoms with E-state index in [2.05, 4.69) is 13.8 Å². The van der Waals surface area contributed by atoms with Crippen LogP contribution in [0.5, 0.6) is 11.5 Å². The first kappa shape index (κ1) is 16.8. The Morgan fingerprint density at radius 1 is 1.25 bits per heavy atom. The maximum absolute atomic E-state index is 11.8. The smallest absolute Gasteiger partial charge is 0.161 e. The summed E-state index contributed by atoms with van der Waals surface area (Å²) in [4.78, 5) is 11.8. The van der Waals surface area contributed by atoms with Crippen LogP contribution in [0.1, 0.15) is 32.3 Å². The number of carbonyl (C=O) groups excluding carboxylic acids is 1. The minimum Gasteiger partial charge on any atom is -0.493 e. The summed E-state index contributed by atoms with van der Waals surface area (Å²) < 4.78 is 10.6. The molecule has 0 fully saturated rings. The van der Waals surface area contributed by atoms with Gasteiger partial charge in [0, 0.05) is 5.88 Å². The molecule has 20 heavy (non-hydrogen) atoms. The Morgan fingerprint density at radius 3 is 2.35 bits per heavy atom. The predicted octanol–water partition coefficient (Wildman–Crippen LogP) is 3.82. The SMILES string of the molecule is COc1ccc(C(C=O)(CCCCl)C(C)C)cc1OC. The molecule has 112 valence electrons. The van der Waals surface area contributed by atoms with E-state index in [1.807, 2.05) is 18.2 Å². The molecular weight excluding hydrogens is 276 g/mol. The van der Waals surface area contributed by atoms with Crippen LogP contribution in [0, 0.1) is 5.92 Å². The van der Waals surface area contributed by atoms with Crippen molar-refractivity contribution in [1.82, 2.24) is 0 Å². The van der Waals surface area contributed by atoms with Gasteiger partial charge in [0.05, 0.1) is 19.6 Å². The lowest BCUT2D eigenvalue weighted by molar-refractivity contribution is -0.114. The number of hydrogen-bond acceptors (Lipinski definition) is 3. The van der Waals surface area contributed by atoms with Crippen LogP contribution in [0.4, 0.5) is 0 Å². The van der Waals surface area contributed by atoms with Crippen LogP contribution in [0.15, 0.2) is 18.2 Å². The van der Waals surface area contributed by atoms with Gasteiger partial charge >= 0.3 is 0 Å². The van der Waals surface area contributed by atoms with Crippen molar-refractivity contribution in [3.05, 3.63) is 23.8 Å². The van der Waals surface area contributed by atoms with Crippen molar-refractivity contribution in [3.8, 4) is 11.5 Å². The Hall–Kier alpha value is -1.22. The third-order valence-corrected chi connectivity index (χ3v) is 4.15. The lowest BCUT2D eigenvalue weighted by Gasteiger charge is -2.33. The Balaban J connectivity index is 3.29. The number of hydrogen-bond donors (Lipinski definition) is 0. The number of aldehydes is 1. The van der Waals surface area contributed by atoms with Gasteiger partial charge in [0.1, 0.15) is 6.29 Å². The second-order valence-electron chi connectivity index (χ2n) is 5.18. The molecule has 0 amide bonds. The van der Waals surface area contributed by atoms with E-state index < -0.39 is 5.41 Å². The fourth-order valence-corrected chi connectivity index (χ4v) is 2.65. The molecule has 1 aromatic carbocycles. The minimum atomic E-state index is -0.533. The zero-order valence-corrected chi connectivity index (χ0v) is 13.4. The van der Waals surface area contributed by atoms with Crippen LogP contribution in [0.3, 0.4) is 0 Å². The molecule has 0 saturated heterocycles. The molecule has 1 atom stereocenters. The van der Waals surface area contributed by atoms with Crippen molar-refractivity contribution in [2.24, 2.45) is 5.92 Å². The van der Waals surface area contributed by atoms with Gasteiger partial charge < -0.3 is 14.3 Å². The topological polar surface area (TPSA) is 35.5 Å². The van der Waals surface area contributed by atoms with Crippen LogP contribution in [0.25, 0.3) is 0 Å². The van der Waals surface area contributed by atoms with E-state index in [0.717, 1.165) is 24.7 Å². The highest BCUT2D eigenvalue weighted by atomic mass is 35.5. The first-order valence-electron chi connectivity index (χ1n) is 6.80. The molecule has 0 radical (unpaired) electrons. The summed E-state index contributed by atoms with van der Waals surface area (Å²) in [5.74, 6) is 2.04. The summed E-state index contributed by atoms with van der Waals surface area (Å²) in [5, 5.41) is 0. The largest absolute Gasteiger partial charge is 0.493 e. The third-order valence-electron chi connectivity index (χ3n) is 3.89. The predicted molar refractivity (Wildman–Crippen MR) is 82.1 cm³/mol. The van der Waals surface area contributed by atoms with E-state index >= 15 is 0 Å². The van der Waals surface area contributed by atoms with Crippen LogP contribution >= 0.6 is 11.6 Å². The number of carbonyl (C=O) groups is 1. The highest BCUT2D eigenvalue weighted by Gasteiger charge is 2.35. The molecule has 0 aliphatic heterocycles. The summed E-state index contributed by atoms with van der Waals surface area (Å²) in [5.41, 5.74) is 0.416. The van der Waals surface area contributed by atoms with Gasteiger partial charge in [-0.3, -0.25) is 0 Å². The molecular formula is C16H23ClO3. The number of ether oxygens (including phenoxy) is 2. The van der Waals surface area contributed by atoms with E-state index in [-0.39, 0.29) is 5.92 Å². The van der Waals surface area contributed by atoms with Crippen LogP contribution in [0.2, 0.25) is 0 Å². The summed E-state index contributed by atoms with van der Waals surface area (Å²) in [6, 6.07) is 5.67. The monoisotopic (exact) mass is 298 g/mol. The molecule has 1 rings (SSSR count). The van der Waals surface area contributed by atoms with Crippen LogP contribution in [-0.2, 0) is 10.2 Å². The number of benzene rings is 1. The Bertz CT molecular complexity index is 445. The molecule has 0 aliphatic rings. The van der Waals surface area contributed by atoms with Crippen LogP contribution in [-0.4, -0.2) is 26.4 Å². The molecule has 0 aliphatic carbocycles. The lowest BCUT2D eigenvalue weighted by Crippen LogP contribution is -2.34.